The van der Waals surface area contributed by atoms with Crippen LogP contribution in [0.25, 0.3) is 0 Å². The van der Waals surface area contributed by atoms with Crippen LogP contribution in [-0.4, -0.2) is 65.9 Å². The summed E-state index contributed by atoms with van der Waals surface area (Å²) in [5, 5.41) is 0. The standard InChI is InChI=1S/C20H24N4O3/c1-14-18(27-13-21-14)20(26)24-16-6-4-3-5-15(16)7-8-17(24)19(25)23-11-9-22(2)10-12-23/h3-6,13,17H,7-12H2,1-2H3. The Morgan fingerprint density at radius 1 is 1.15 bits per heavy atom. The highest BCUT2D eigenvalue weighted by atomic mass is 16.3. The first-order valence-electron chi connectivity index (χ1n) is 9.35. The quantitative estimate of drug-likeness (QED) is 0.807. The van der Waals surface area contributed by atoms with E-state index in [0.29, 0.717) is 25.2 Å². The first-order chi connectivity index (χ1) is 13.1. The summed E-state index contributed by atoms with van der Waals surface area (Å²) >= 11 is 0. The topological polar surface area (TPSA) is 69.9 Å². The molecule has 2 aliphatic heterocycles. The molecule has 1 atom stereocenters. The number of aryl methyl sites for hydroxylation is 2. The fraction of sp³-hybridized carbons (Fsp3) is 0.450. The molecule has 7 heteroatoms. The molecule has 1 aromatic heterocycles. The second-order valence-corrected chi connectivity index (χ2v) is 7.25. The van der Waals surface area contributed by atoms with E-state index in [1.807, 2.05) is 29.2 Å². The number of para-hydroxylation sites is 1. The normalized spacial score (nSPS) is 20.4. The molecule has 0 saturated carbocycles. The van der Waals surface area contributed by atoms with Crippen molar-refractivity contribution in [2.24, 2.45) is 0 Å². The molecule has 0 N–H and O–H groups in total. The van der Waals surface area contributed by atoms with Crippen molar-refractivity contribution in [3.63, 3.8) is 0 Å². The van der Waals surface area contributed by atoms with E-state index in [-0.39, 0.29) is 17.6 Å². The van der Waals surface area contributed by atoms with Crippen LogP contribution >= 0.6 is 0 Å². The van der Waals surface area contributed by atoms with Crippen LogP contribution < -0.4 is 4.90 Å². The number of benzene rings is 1. The summed E-state index contributed by atoms with van der Waals surface area (Å²) in [4.78, 5) is 36.4. The zero-order valence-corrected chi connectivity index (χ0v) is 15.7. The van der Waals surface area contributed by atoms with Gasteiger partial charge in [-0.15, -0.1) is 0 Å². The summed E-state index contributed by atoms with van der Waals surface area (Å²) in [6.07, 6.45) is 2.66. The molecule has 1 saturated heterocycles. The number of fused-ring (bicyclic) bond motifs is 1. The number of rotatable bonds is 2. The largest absolute Gasteiger partial charge is 0.438 e. The SMILES string of the molecule is Cc1ncoc1C(=O)N1c2ccccc2CCC1C(=O)N1CCN(C)CC1. The number of anilines is 1. The van der Waals surface area contributed by atoms with Gasteiger partial charge in [-0.05, 0) is 38.4 Å². The van der Waals surface area contributed by atoms with Crippen LogP contribution in [0.2, 0.25) is 0 Å². The van der Waals surface area contributed by atoms with Gasteiger partial charge in [-0.1, -0.05) is 18.2 Å². The summed E-state index contributed by atoms with van der Waals surface area (Å²) in [5.74, 6) is -0.0874. The zero-order valence-electron chi connectivity index (χ0n) is 15.7. The number of amides is 2. The lowest BCUT2D eigenvalue weighted by Crippen LogP contribution is -2.57. The number of carbonyl (C=O) groups excluding carboxylic acids is 2. The van der Waals surface area contributed by atoms with E-state index in [1.54, 1.807) is 11.8 Å². The highest BCUT2D eigenvalue weighted by molar-refractivity contribution is 6.09. The second kappa shape index (κ2) is 7.15. The molecular formula is C20H24N4O3. The molecular weight excluding hydrogens is 344 g/mol. The number of oxazole rings is 1. The van der Waals surface area contributed by atoms with Crippen LogP contribution in [0, 0.1) is 6.92 Å². The molecule has 27 heavy (non-hydrogen) atoms. The van der Waals surface area contributed by atoms with Crippen molar-refractivity contribution < 1.29 is 14.0 Å². The molecule has 4 rings (SSSR count). The predicted molar refractivity (Wildman–Crippen MR) is 101 cm³/mol. The Balaban J connectivity index is 1.69. The van der Waals surface area contributed by atoms with Crippen LogP contribution in [0.4, 0.5) is 5.69 Å². The summed E-state index contributed by atoms with van der Waals surface area (Å²) in [5.41, 5.74) is 2.40. The lowest BCUT2D eigenvalue weighted by atomic mass is 9.94. The minimum Gasteiger partial charge on any atom is -0.438 e. The molecule has 142 valence electrons. The Labute approximate surface area is 158 Å². The third-order valence-corrected chi connectivity index (χ3v) is 5.51. The first-order valence-corrected chi connectivity index (χ1v) is 9.35. The second-order valence-electron chi connectivity index (χ2n) is 7.25. The Bertz CT molecular complexity index is 854. The average Bonchev–Trinajstić information content (AvgIpc) is 3.12. The maximum absolute atomic E-state index is 13.3. The van der Waals surface area contributed by atoms with Gasteiger partial charge in [-0.25, -0.2) is 4.98 Å². The first kappa shape index (κ1) is 17.7. The molecule has 2 amide bonds. The number of hydrogen-bond donors (Lipinski definition) is 0. The van der Waals surface area contributed by atoms with Gasteiger partial charge in [-0.3, -0.25) is 14.5 Å². The maximum atomic E-state index is 13.3. The number of likely N-dealkylation sites (N-methyl/N-ethyl adjacent to an activating group) is 1. The van der Waals surface area contributed by atoms with Crippen LogP contribution in [0.5, 0.6) is 0 Å². The van der Waals surface area contributed by atoms with Crippen molar-refractivity contribution in [3.8, 4) is 0 Å². The van der Waals surface area contributed by atoms with Crippen molar-refractivity contribution in [2.45, 2.75) is 25.8 Å². The molecule has 1 aromatic carbocycles. The summed E-state index contributed by atoms with van der Waals surface area (Å²) in [7, 11) is 2.06. The van der Waals surface area contributed by atoms with E-state index in [2.05, 4.69) is 16.9 Å². The van der Waals surface area contributed by atoms with Crippen LogP contribution in [0.3, 0.4) is 0 Å². The third kappa shape index (κ3) is 3.23. The lowest BCUT2D eigenvalue weighted by molar-refractivity contribution is -0.134. The predicted octanol–water partition coefficient (Wildman–Crippen LogP) is 1.72. The lowest BCUT2D eigenvalue weighted by Gasteiger charge is -2.40. The van der Waals surface area contributed by atoms with Gasteiger partial charge in [0, 0.05) is 31.9 Å². The molecule has 1 unspecified atom stereocenters. The van der Waals surface area contributed by atoms with E-state index in [1.165, 1.54) is 6.39 Å². The third-order valence-electron chi connectivity index (χ3n) is 5.51. The van der Waals surface area contributed by atoms with Crippen LogP contribution in [0.15, 0.2) is 35.1 Å². The number of aromatic nitrogens is 1. The van der Waals surface area contributed by atoms with Crippen molar-refractivity contribution in [1.82, 2.24) is 14.8 Å². The molecule has 1 fully saturated rings. The smallest absolute Gasteiger partial charge is 0.296 e. The van der Waals surface area contributed by atoms with E-state index in [0.717, 1.165) is 30.8 Å². The van der Waals surface area contributed by atoms with E-state index in [4.69, 9.17) is 4.42 Å². The number of piperazine rings is 1. The fourth-order valence-corrected chi connectivity index (χ4v) is 3.89. The van der Waals surface area contributed by atoms with Gasteiger partial charge in [0.1, 0.15) is 6.04 Å². The highest BCUT2D eigenvalue weighted by Gasteiger charge is 2.39. The summed E-state index contributed by atoms with van der Waals surface area (Å²) in [6.45, 7) is 4.83. The molecule has 7 nitrogen and oxygen atoms in total. The zero-order chi connectivity index (χ0) is 19.0. The Hall–Kier alpha value is -2.67. The Kier molecular flexibility index (Phi) is 4.70. The molecule has 0 bridgehead atoms. The number of carbonyl (C=O) groups is 2. The highest BCUT2D eigenvalue weighted by Crippen LogP contribution is 2.33. The molecule has 2 aromatic rings. The van der Waals surface area contributed by atoms with Gasteiger partial charge >= 0.3 is 0 Å². The van der Waals surface area contributed by atoms with Gasteiger partial charge in [0.15, 0.2) is 6.39 Å². The van der Waals surface area contributed by atoms with E-state index >= 15 is 0 Å². The Morgan fingerprint density at radius 2 is 1.89 bits per heavy atom. The van der Waals surface area contributed by atoms with Gasteiger partial charge < -0.3 is 14.2 Å². The summed E-state index contributed by atoms with van der Waals surface area (Å²) in [6, 6.07) is 7.26. The van der Waals surface area contributed by atoms with Crippen molar-refractivity contribution in [1.29, 1.82) is 0 Å². The van der Waals surface area contributed by atoms with Crippen molar-refractivity contribution >= 4 is 17.5 Å². The minimum absolute atomic E-state index is 0.0168. The van der Waals surface area contributed by atoms with Gasteiger partial charge in [0.25, 0.3) is 5.91 Å². The number of nitrogens with zero attached hydrogens (tertiary/aromatic N) is 4. The maximum Gasteiger partial charge on any atom is 0.296 e. The fourth-order valence-electron chi connectivity index (χ4n) is 3.89. The molecule has 0 radical (unpaired) electrons. The molecule has 0 aliphatic carbocycles. The van der Waals surface area contributed by atoms with Gasteiger partial charge in [-0.2, -0.15) is 0 Å². The minimum atomic E-state index is -0.514. The average molecular weight is 368 g/mol. The van der Waals surface area contributed by atoms with Crippen LogP contribution in [0.1, 0.15) is 28.2 Å². The monoisotopic (exact) mass is 368 g/mol. The van der Waals surface area contributed by atoms with Gasteiger partial charge in [0.05, 0.1) is 5.69 Å². The molecule has 3 heterocycles. The van der Waals surface area contributed by atoms with Crippen LogP contribution in [-0.2, 0) is 11.2 Å². The van der Waals surface area contributed by atoms with E-state index < -0.39 is 6.04 Å². The number of hydrogen-bond acceptors (Lipinski definition) is 5. The Morgan fingerprint density at radius 3 is 2.59 bits per heavy atom. The van der Waals surface area contributed by atoms with Crippen molar-refractivity contribution in [2.75, 3.05) is 38.1 Å². The van der Waals surface area contributed by atoms with E-state index in [9.17, 15) is 9.59 Å². The van der Waals surface area contributed by atoms with Gasteiger partial charge in [0.2, 0.25) is 11.7 Å². The van der Waals surface area contributed by atoms with Crippen molar-refractivity contribution in [3.05, 3.63) is 47.7 Å². The summed E-state index contributed by atoms with van der Waals surface area (Å²) < 4.78 is 5.35. The molecule has 2 aliphatic rings. The molecule has 0 spiro atoms.